The predicted molar refractivity (Wildman–Crippen MR) is 57.1 cm³/mol. The van der Waals surface area contributed by atoms with Crippen molar-refractivity contribution in [2.75, 3.05) is 0 Å². The molecule has 1 aromatic heterocycles. The number of carbonyl (C=O) groups is 1. The van der Waals surface area contributed by atoms with Crippen LogP contribution in [0, 0.1) is 6.92 Å². The molecule has 0 aliphatic rings. The van der Waals surface area contributed by atoms with Gasteiger partial charge in [-0.05, 0) is 19.1 Å². The molecule has 0 atom stereocenters. The van der Waals surface area contributed by atoms with Crippen molar-refractivity contribution in [2.45, 2.75) is 6.92 Å². The third-order valence-corrected chi connectivity index (χ3v) is 2.36. The van der Waals surface area contributed by atoms with Gasteiger partial charge in [-0.3, -0.25) is 4.79 Å². The third kappa shape index (κ3) is 1.78. The van der Waals surface area contributed by atoms with Crippen molar-refractivity contribution in [3.05, 3.63) is 40.9 Å². The van der Waals surface area contributed by atoms with Gasteiger partial charge < -0.3 is 4.42 Å². The Morgan fingerprint density at radius 2 is 2.13 bits per heavy atom. The third-order valence-electron chi connectivity index (χ3n) is 2.03. The van der Waals surface area contributed by atoms with Gasteiger partial charge in [0, 0.05) is 5.56 Å². The maximum atomic E-state index is 10.5. The zero-order valence-corrected chi connectivity index (χ0v) is 8.78. The number of aldehydes is 1. The van der Waals surface area contributed by atoms with Gasteiger partial charge >= 0.3 is 0 Å². The van der Waals surface area contributed by atoms with E-state index in [9.17, 15) is 4.79 Å². The zero-order valence-electron chi connectivity index (χ0n) is 8.03. The molecule has 0 amide bonds. The maximum absolute atomic E-state index is 10.5. The van der Waals surface area contributed by atoms with Crippen molar-refractivity contribution in [1.29, 1.82) is 0 Å². The highest BCUT2D eigenvalue weighted by atomic mass is 35.5. The number of hydrogen-bond acceptors (Lipinski definition) is 3. The van der Waals surface area contributed by atoms with E-state index in [1.807, 2.05) is 18.2 Å². The van der Waals surface area contributed by atoms with E-state index in [4.69, 9.17) is 16.0 Å². The standard InChI is InChI=1S/C11H8ClNO2/c1-7-11(15-10(6-14)13-7)8-4-2-3-5-9(8)12/h2-6H,1H3. The minimum absolute atomic E-state index is 0.0717. The summed E-state index contributed by atoms with van der Waals surface area (Å²) in [5.41, 5.74) is 1.41. The molecule has 0 aliphatic carbocycles. The molecule has 2 rings (SSSR count). The summed E-state index contributed by atoms with van der Waals surface area (Å²) >= 11 is 6.01. The first-order valence-electron chi connectivity index (χ1n) is 4.40. The van der Waals surface area contributed by atoms with Crippen LogP contribution in [0.5, 0.6) is 0 Å². The molecule has 0 radical (unpaired) electrons. The second-order valence-electron chi connectivity index (χ2n) is 3.06. The van der Waals surface area contributed by atoms with Crippen molar-refractivity contribution in [1.82, 2.24) is 4.98 Å². The van der Waals surface area contributed by atoms with Crippen LogP contribution in [0.1, 0.15) is 16.4 Å². The summed E-state index contributed by atoms with van der Waals surface area (Å²) in [6.45, 7) is 1.77. The van der Waals surface area contributed by atoms with Crippen LogP contribution in [-0.2, 0) is 0 Å². The molecule has 0 spiro atoms. The van der Waals surface area contributed by atoms with Gasteiger partial charge in [0.05, 0.1) is 10.7 Å². The summed E-state index contributed by atoms with van der Waals surface area (Å²) in [5.74, 6) is 0.616. The number of nitrogens with zero attached hydrogens (tertiary/aromatic N) is 1. The molecule has 0 aliphatic heterocycles. The smallest absolute Gasteiger partial charge is 0.260 e. The fourth-order valence-electron chi connectivity index (χ4n) is 1.36. The minimum Gasteiger partial charge on any atom is -0.434 e. The van der Waals surface area contributed by atoms with Gasteiger partial charge in [0.2, 0.25) is 6.29 Å². The number of oxazole rings is 1. The van der Waals surface area contributed by atoms with Gasteiger partial charge in [0.1, 0.15) is 0 Å². The second kappa shape index (κ2) is 3.87. The molecule has 0 saturated carbocycles. The first kappa shape index (κ1) is 9.93. The summed E-state index contributed by atoms with van der Waals surface area (Å²) < 4.78 is 5.27. The summed E-state index contributed by atoms with van der Waals surface area (Å²) in [7, 11) is 0. The highest BCUT2D eigenvalue weighted by Gasteiger charge is 2.13. The number of carbonyl (C=O) groups excluding carboxylic acids is 1. The van der Waals surface area contributed by atoms with Crippen molar-refractivity contribution in [3.63, 3.8) is 0 Å². The Labute approximate surface area is 91.7 Å². The second-order valence-corrected chi connectivity index (χ2v) is 3.47. The maximum Gasteiger partial charge on any atom is 0.260 e. The lowest BCUT2D eigenvalue weighted by atomic mass is 10.1. The molecule has 0 fully saturated rings. The Kier molecular flexibility index (Phi) is 2.56. The topological polar surface area (TPSA) is 43.1 Å². The van der Waals surface area contributed by atoms with Crippen LogP contribution in [0.2, 0.25) is 5.02 Å². The normalized spacial score (nSPS) is 10.3. The molecule has 0 saturated heterocycles. The van der Waals surface area contributed by atoms with Gasteiger partial charge in [-0.1, -0.05) is 23.7 Å². The van der Waals surface area contributed by atoms with E-state index < -0.39 is 0 Å². The number of halogens is 1. The number of rotatable bonds is 2. The van der Waals surface area contributed by atoms with Gasteiger partial charge in [-0.15, -0.1) is 0 Å². The van der Waals surface area contributed by atoms with Gasteiger partial charge in [0.25, 0.3) is 5.89 Å². The van der Waals surface area contributed by atoms with Crippen LogP contribution in [-0.4, -0.2) is 11.3 Å². The van der Waals surface area contributed by atoms with Gasteiger partial charge in [0.15, 0.2) is 5.76 Å². The lowest BCUT2D eigenvalue weighted by Crippen LogP contribution is -1.79. The minimum atomic E-state index is 0.0717. The van der Waals surface area contributed by atoms with E-state index >= 15 is 0 Å². The van der Waals surface area contributed by atoms with E-state index in [1.165, 1.54) is 0 Å². The van der Waals surface area contributed by atoms with Gasteiger partial charge in [-0.25, -0.2) is 4.98 Å². The monoisotopic (exact) mass is 221 g/mol. The number of hydrogen-bond donors (Lipinski definition) is 0. The van der Waals surface area contributed by atoms with Crippen molar-refractivity contribution >= 4 is 17.9 Å². The average molecular weight is 222 g/mol. The highest BCUT2D eigenvalue weighted by molar-refractivity contribution is 6.33. The van der Waals surface area contributed by atoms with Crippen molar-refractivity contribution in [2.24, 2.45) is 0 Å². The molecule has 2 aromatic rings. The number of benzene rings is 1. The molecule has 0 bridgehead atoms. The van der Waals surface area contributed by atoms with Gasteiger partial charge in [-0.2, -0.15) is 0 Å². The summed E-state index contributed by atoms with van der Waals surface area (Å²) in [6, 6.07) is 7.27. The lowest BCUT2D eigenvalue weighted by Gasteiger charge is -1.99. The summed E-state index contributed by atoms with van der Waals surface area (Å²) in [4.78, 5) is 14.5. The lowest BCUT2D eigenvalue weighted by molar-refractivity contribution is 0.109. The van der Waals surface area contributed by atoms with E-state index in [2.05, 4.69) is 4.98 Å². The summed E-state index contributed by atoms with van der Waals surface area (Å²) in [5, 5.41) is 0.578. The Morgan fingerprint density at radius 3 is 2.73 bits per heavy atom. The van der Waals surface area contributed by atoms with Crippen molar-refractivity contribution in [3.8, 4) is 11.3 Å². The van der Waals surface area contributed by atoms with Crippen LogP contribution in [0.4, 0.5) is 0 Å². The largest absolute Gasteiger partial charge is 0.434 e. The van der Waals surface area contributed by atoms with Crippen LogP contribution >= 0.6 is 11.6 Å². The molecule has 0 N–H and O–H groups in total. The Hall–Kier alpha value is -1.61. The molecular formula is C11H8ClNO2. The molecule has 3 nitrogen and oxygen atoms in total. The fourth-order valence-corrected chi connectivity index (χ4v) is 1.58. The quantitative estimate of drug-likeness (QED) is 0.732. The van der Waals surface area contributed by atoms with E-state index in [0.717, 1.165) is 5.56 Å². The Morgan fingerprint density at radius 1 is 1.40 bits per heavy atom. The highest BCUT2D eigenvalue weighted by Crippen LogP contribution is 2.30. The Bertz CT molecular complexity index is 505. The predicted octanol–water partition coefficient (Wildman–Crippen LogP) is 3.12. The molecule has 76 valence electrons. The zero-order chi connectivity index (χ0) is 10.8. The van der Waals surface area contributed by atoms with Crippen LogP contribution in [0.25, 0.3) is 11.3 Å². The summed E-state index contributed by atoms with van der Waals surface area (Å²) in [6.07, 6.45) is 0.577. The van der Waals surface area contributed by atoms with Crippen LogP contribution in [0.15, 0.2) is 28.7 Å². The number of aromatic nitrogens is 1. The van der Waals surface area contributed by atoms with E-state index in [0.29, 0.717) is 22.8 Å². The Balaban J connectivity index is 2.58. The van der Waals surface area contributed by atoms with Crippen LogP contribution < -0.4 is 0 Å². The molecule has 15 heavy (non-hydrogen) atoms. The SMILES string of the molecule is Cc1nc(C=O)oc1-c1ccccc1Cl. The van der Waals surface area contributed by atoms with E-state index in [1.54, 1.807) is 13.0 Å². The van der Waals surface area contributed by atoms with Crippen molar-refractivity contribution < 1.29 is 9.21 Å². The fraction of sp³-hybridized carbons (Fsp3) is 0.0909. The average Bonchev–Trinajstić information content (AvgIpc) is 2.60. The molecule has 0 unspecified atom stereocenters. The molecular weight excluding hydrogens is 214 g/mol. The number of aryl methyl sites for hydroxylation is 1. The first-order valence-corrected chi connectivity index (χ1v) is 4.77. The van der Waals surface area contributed by atoms with Crippen LogP contribution in [0.3, 0.4) is 0 Å². The first-order chi connectivity index (χ1) is 7.22. The molecule has 1 aromatic carbocycles. The molecule has 1 heterocycles. The molecule has 4 heteroatoms. The van der Waals surface area contributed by atoms with E-state index in [-0.39, 0.29) is 5.89 Å².